The lowest BCUT2D eigenvalue weighted by Gasteiger charge is -2.26. The third-order valence-electron chi connectivity index (χ3n) is 4.84. The standard InChI is InChI=1S/C20H33N3O/c1-15-12-17(20(3,4)5)13-16(2)18(15)6-7-22-19(24)14-23-10-8-21-9-11-23/h12-13,21H,6-11,14H2,1-5H3,(H,22,24). The van der Waals surface area contributed by atoms with E-state index in [4.69, 9.17) is 0 Å². The first-order chi connectivity index (χ1) is 11.3. The average molecular weight is 332 g/mol. The van der Waals surface area contributed by atoms with Gasteiger partial charge in [-0.2, -0.15) is 0 Å². The third-order valence-corrected chi connectivity index (χ3v) is 4.84. The molecule has 0 saturated carbocycles. The van der Waals surface area contributed by atoms with Crippen LogP contribution in [0.3, 0.4) is 0 Å². The zero-order chi connectivity index (χ0) is 17.7. The van der Waals surface area contributed by atoms with E-state index in [2.05, 4.69) is 62.3 Å². The number of benzene rings is 1. The summed E-state index contributed by atoms with van der Waals surface area (Å²) in [5.74, 6) is 0.138. The Hall–Kier alpha value is -1.39. The lowest BCUT2D eigenvalue weighted by molar-refractivity contribution is -0.122. The van der Waals surface area contributed by atoms with Gasteiger partial charge >= 0.3 is 0 Å². The van der Waals surface area contributed by atoms with Gasteiger partial charge < -0.3 is 10.6 Å². The molecule has 24 heavy (non-hydrogen) atoms. The Morgan fingerprint density at radius 1 is 1.17 bits per heavy atom. The van der Waals surface area contributed by atoms with Crippen LogP contribution in [-0.4, -0.2) is 50.1 Å². The van der Waals surface area contributed by atoms with Crippen LogP contribution in [0.15, 0.2) is 12.1 Å². The highest BCUT2D eigenvalue weighted by Gasteiger charge is 2.17. The van der Waals surface area contributed by atoms with Gasteiger partial charge in [-0.3, -0.25) is 9.69 Å². The molecule has 1 amide bonds. The molecule has 0 aromatic heterocycles. The fraction of sp³-hybridized carbons (Fsp3) is 0.650. The Morgan fingerprint density at radius 3 is 2.29 bits per heavy atom. The number of carbonyl (C=O) groups excluding carboxylic acids is 1. The van der Waals surface area contributed by atoms with Crippen molar-refractivity contribution in [1.29, 1.82) is 0 Å². The molecule has 1 fully saturated rings. The van der Waals surface area contributed by atoms with E-state index >= 15 is 0 Å². The van der Waals surface area contributed by atoms with Crippen LogP contribution in [0.4, 0.5) is 0 Å². The van der Waals surface area contributed by atoms with Crippen LogP contribution in [0.1, 0.15) is 43.0 Å². The molecule has 1 aromatic rings. The van der Waals surface area contributed by atoms with Crippen LogP contribution in [0.2, 0.25) is 0 Å². The van der Waals surface area contributed by atoms with E-state index in [1.165, 1.54) is 22.3 Å². The zero-order valence-electron chi connectivity index (χ0n) is 16.0. The molecule has 1 aliphatic heterocycles. The van der Waals surface area contributed by atoms with Crippen molar-refractivity contribution < 1.29 is 4.79 Å². The van der Waals surface area contributed by atoms with E-state index in [9.17, 15) is 4.79 Å². The molecule has 1 aliphatic rings. The van der Waals surface area contributed by atoms with Gasteiger partial charge in [-0.15, -0.1) is 0 Å². The largest absolute Gasteiger partial charge is 0.355 e. The maximum absolute atomic E-state index is 12.1. The van der Waals surface area contributed by atoms with Crippen molar-refractivity contribution in [3.63, 3.8) is 0 Å². The molecule has 4 heteroatoms. The molecular formula is C20H33N3O. The molecule has 0 atom stereocenters. The second-order valence-electron chi connectivity index (χ2n) is 7.96. The summed E-state index contributed by atoms with van der Waals surface area (Å²) in [6, 6.07) is 4.59. The van der Waals surface area contributed by atoms with Gasteiger partial charge in [0, 0.05) is 32.7 Å². The number of hydrogen-bond acceptors (Lipinski definition) is 3. The maximum Gasteiger partial charge on any atom is 0.234 e. The molecule has 1 saturated heterocycles. The summed E-state index contributed by atoms with van der Waals surface area (Å²) >= 11 is 0. The summed E-state index contributed by atoms with van der Waals surface area (Å²) in [4.78, 5) is 14.3. The Kier molecular flexibility index (Phi) is 6.41. The molecule has 4 nitrogen and oxygen atoms in total. The number of nitrogens with one attached hydrogen (secondary N) is 2. The zero-order valence-corrected chi connectivity index (χ0v) is 16.0. The van der Waals surface area contributed by atoms with Crippen molar-refractivity contribution in [1.82, 2.24) is 15.5 Å². The fourth-order valence-electron chi connectivity index (χ4n) is 3.28. The Labute approximate surface area is 147 Å². The molecule has 0 spiro atoms. The van der Waals surface area contributed by atoms with Crippen molar-refractivity contribution in [2.75, 3.05) is 39.3 Å². The van der Waals surface area contributed by atoms with Crippen LogP contribution in [-0.2, 0) is 16.6 Å². The van der Waals surface area contributed by atoms with Gasteiger partial charge in [0.15, 0.2) is 0 Å². The molecule has 0 radical (unpaired) electrons. The minimum absolute atomic E-state index is 0.138. The van der Waals surface area contributed by atoms with Gasteiger partial charge in [0.25, 0.3) is 0 Å². The second kappa shape index (κ2) is 8.13. The van der Waals surface area contributed by atoms with Gasteiger partial charge in [-0.05, 0) is 47.9 Å². The lowest BCUT2D eigenvalue weighted by atomic mass is 9.83. The Bertz CT molecular complexity index is 546. The predicted molar refractivity (Wildman–Crippen MR) is 101 cm³/mol. The molecular weight excluding hydrogens is 298 g/mol. The highest BCUT2D eigenvalue weighted by Crippen LogP contribution is 2.27. The number of amides is 1. The highest BCUT2D eigenvalue weighted by molar-refractivity contribution is 5.78. The van der Waals surface area contributed by atoms with E-state index in [0.29, 0.717) is 13.1 Å². The summed E-state index contributed by atoms with van der Waals surface area (Å²) in [6.45, 7) is 16.2. The van der Waals surface area contributed by atoms with Gasteiger partial charge in [-0.25, -0.2) is 0 Å². The number of carbonyl (C=O) groups is 1. The van der Waals surface area contributed by atoms with E-state index in [0.717, 1.165) is 32.6 Å². The van der Waals surface area contributed by atoms with Crippen molar-refractivity contribution in [3.8, 4) is 0 Å². The van der Waals surface area contributed by atoms with Crippen LogP contribution in [0.5, 0.6) is 0 Å². The summed E-state index contributed by atoms with van der Waals surface area (Å²) in [5, 5.41) is 6.38. The van der Waals surface area contributed by atoms with Gasteiger partial charge in [-0.1, -0.05) is 32.9 Å². The van der Waals surface area contributed by atoms with E-state index in [-0.39, 0.29) is 11.3 Å². The minimum atomic E-state index is 0.138. The fourth-order valence-corrected chi connectivity index (χ4v) is 3.28. The highest BCUT2D eigenvalue weighted by atomic mass is 16.2. The molecule has 0 bridgehead atoms. The Balaban J connectivity index is 1.86. The molecule has 1 heterocycles. The molecule has 1 aromatic carbocycles. The van der Waals surface area contributed by atoms with Gasteiger partial charge in [0.1, 0.15) is 0 Å². The quantitative estimate of drug-likeness (QED) is 0.869. The normalized spacial score (nSPS) is 16.2. The number of hydrogen-bond donors (Lipinski definition) is 2. The molecule has 2 rings (SSSR count). The first-order valence-electron chi connectivity index (χ1n) is 9.08. The van der Waals surface area contributed by atoms with E-state index in [1.54, 1.807) is 0 Å². The number of piperazine rings is 1. The Morgan fingerprint density at radius 2 is 1.75 bits per heavy atom. The summed E-state index contributed by atoms with van der Waals surface area (Å²) in [7, 11) is 0. The number of nitrogens with zero attached hydrogens (tertiary/aromatic N) is 1. The van der Waals surface area contributed by atoms with E-state index < -0.39 is 0 Å². The summed E-state index contributed by atoms with van der Waals surface area (Å²) < 4.78 is 0. The average Bonchev–Trinajstić information content (AvgIpc) is 2.50. The topological polar surface area (TPSA) is 44.4 Å². The lowest BCUT2D eigenvalue weighted by Crippen LogP contribution is -2.47. The minimum Gasteiger partial charge on any atom is -0.355 e. The molecule has 0 aliphatic carbocycles. The monoisotopic (exact) mass is 331 g/mol. The van der Waals surface area contributed by atoms with Crippen molar-refractivity contribution in [2.24, 2.45) is 0 Å². The van der Waals surface area contributed by atoms with Gasteiger partial charge in [0.2, 0.25) is 5.91 Å². The third kappa shape index (κ3) is 5.32. The van der Waals surface area contributed by atoms with Gasteiger partial charge in [0.05, 0.1) is 6.54 Å². The summed E-state index contributed by atoms with van der Waals surface area (Å²) in [6.07, 6.45) is 0.898. The van der Waals surface area contributed by atoms with Crippen molar-refractivity contribution in [3.05, 3.63) is 34.4 Å². The van der Waals surface area contributed by atoms with Crippen LogP contribution in [0.25, 0.3) is 0 Å². The van der Waals surface area contributed by atoms with Crippen LogP contribution in [0, 0.1) is 13.8 Å². The number of aryl methyl sites for hydroxylation is 2. The van der Waals surface area contributed by atoms with Crippen molar-refractivity contribution in [2.45, 2.75) is 46.5 Å². The smallest absolute Gasteiger partial charge is 0.234 e. The van der Waals surface area contributed by atoms with Crippen LogP contribution >= 0.6 is 0 Å². The number of rotatable bonds is 5. The molecule has 134 valence electrons. The first kappa shape index (κ1) is 18.9. The first-order valence-corrected chi connectivity index (χ1v) is 9.08. The summed E-state index contributed by atoms with van der Waals surface area (Å²) in [5.41, 5.74) is 5.58. The van der Waals surface area contributed by atoms with Crippen molar-refractivity contribution >= 4 is 5.91 Å². The maximum atomic E-state index is 12.1. The molecule has 0 unspecified atom stereocenters. The van der Waals surface area contributed by atoms with Crippen LogP contribution < -0.4 is 10.6 Å². The SMILES string of the molecule is Cc1cc(C(C)(C)C)cc(C)c1CCNC(=O)CN1CCNCC1. The second-order valence-corrected chi connectivity index (χ2v) is 7.96. The molecule has 2 N–H and O–H groups in total. The predicted octanol–water partition coefficient (Wildman–Crippen LogP) is 2.16. The van der Waals surface area contributed by atoms with E-state index in [1.807, 2.05) is 0 Å².